The molecule has 1 heterocycles. The number of rotatable bonds is 2. The van der Waals surface area contributed by atoms with E-state index >= 15 is 0 Å². The van der Waals surface area contributed by atoms with Gasteiger partial charge in [0.15, 0.2) is 0 Å². The van der Waals surface area contributed by atoms with Crippen molar-refractivity contribution in [2.24, 2.45) is 0 Å². The molecule has 0 aliphatic heterocycles. The highest BCUT2D eigenvalue weighted by Gasteiger charge is 2.02. The van der Waals surface area contributed by atoms with Crippen LogP contribution >= 0.6 is 0 Å². The quantitative estimate of drug-likeness (QED) is 0.498. The van der Waals surface area contributed by atoms with Crippen LogP contribution in [0.2, 0.25) is 0 Å². The first-order valence-corrected chi connectivity index (χ1v) is 7.21. The zero-order valence-electron chi connectivity index (χ0n) is 12.1. The summed E-state index contributed by atoms with van der Waals surface area (Å²) in [4.78, 5) is 27.3. The molecule has 3 N–H and O–H groups in total. The summed E-state index contributed by atoms with van der Waals surface area (Å²) < 4.78 is 0. The zero-order chi connectivity index (χ0) is 15.8. The van der Waals surface area contributed by atoms with Gasteiger partial charge < -0.3 is 5.32 Å². The van der Waals surface area contributed by atoms with E-state index in [1.54, 1.807) is 0 Å². The van der Waals surface area contributed by atoms with E-state index in [9.17, 15) is 9.59 Å². The molecule has 0 atom stereocenters. The number of anilines is 2. The second kappa shape index (κ2) is 5.14. The van der Waals surface area contributed by atoms with Gasteiger partial charge in [0.05, 0.1) is 0 Å². The standard InChI is InChI=1S/C18H13N3O2/c22-17-10-16(20-18(23)21-17)19-15-6-5-13-7-11-3-1-2-4-12(11)8-14(13)9-15/h1-10H,(H3,19,20,21,22,23). The van der Waals surface area contributed by atoms with Crippen LogP contribution in [0.25, 0.3) is 21.5 Å². The molecule has 5 nitrogen and oxygen atoms in total. The van der Waals surface area contributed by atoms with Gasteiger partial charge in [-0.3, -0.25) is 14.8 Å². The molecule has 0 amide bonds. The second-order valence-corrected chi connectivity index (χ2v) is 5.39. The summed E-state index contributed by atoms with van der Waals surface area (Å²) in [6, 6.07) is 19.7. The maximum Gasteiger partial charge on any atom is 0.327 e. The van der Waals surface area contributed by atoms with Crippen LogP contribution in [0.5, 0.6) is 0 Å². The van der Waals surface area contributed by atoms with E-state index in [4.69, 9.17) is 0 Å². The summed E-state index contributed by atoms with van der Waals surface area (Å²) in [5.74, 6) is 0.360. The summed E-state index contributed by atoms with van der Waals surface area (Å²) in [7, 11) is 0. The molecule has 3 aromatic carbocycles. The average Bonchev–Trinajstić information content (AvgIpc) is 2.52. The topological polar surface area (TPSA) is 77.8 Å². The van der Waals surface area contributed by atoms with E-state index in [0.29, 0.717) is 5.82 Å². The Morgan fingerprint density at radius 1 is 0.696 bits per heavy atom. The number of hydrogen-bond donors (Lipinski definition) is 3. The molecule has 0 bridgehead atoms. The van der Waals surface area contributed by atoms with Crippen LogP contribution in [0.1, 0.15) is 0 Å². The normalized spacial score (nSPS) is 11.0. The second-order valence-electron chi connectivity index (χ2n) is 5.39. The molecular formula is C18H13N3O2. The first kappa shape index (κ1) is 13.3. The van der Waals surface area contributed by atoms with Crippen molar-refractivity contribution in [3.8, 4) is 0 Å². The monoisotopic (exact) mass is 303 g/mol. The van der Waals surface area contributed by atoms with E-state index in [-0.39, 0.29) is 0 Å². The van der Waals surface area contributed by atoms with Crippen LogP contribution in [-0.2, 0) is 0 Å². The molecule has 0 saturated carbocycles. The van der Waals surface area contributed by atoms with Gasteiger partial charge >= 0.3 is 5.69 Å². The molecule has 0 saturated heterocycles. The Bertz CT molecular complexity index is 1110. The number of H-pyrrole nitrogens is 2. The van der Waals surface area contributed by atoms with Gasteiger partial charge in [-0.25, -0.2) is 4.79 Å². The van der Waals surface area contributed by atoms with Crippen molar-refractivity contribution in [2.45, 2.75) is 0 Å². The Hall–Kier alpha value is -3.34. The molecule has 4 rings (SSSR count). The molecule has 0 spiro atoms. The molecule has 112 valence electrons. The number of aromatic amines is 2. The maximum absolute atomic E-state index is 11.3. The number of benzene rings is 3. The highest BCUT2D eigenvalue weighted by Crippen LogP contribution is 2.26. The molecule has 0 unspecified atom stereocenters. The lowest BCUT2D eigenvalue weighted by atomic mass is 10.0. The van der Waals surface area contributed by atoms with Crippen molar-refractivity contribution < 1.29 is 0 Å². The highest BCUT2D eigenvalue weighted by atomic mass is 16.2. The lowest BCUT2D eigenvalue weighted by molar-refractivity contribution is 1.04. The minimum absolute atomic E-state index is 0.360. The van der Waals surface area contributed by atoms with Crippen LogP contribution in [0.4, 0.5) is 11.5 Å². The molecule has 0 radical (unpaired) electrons. The van der Waals surface area contributed by atoms with Crippen LogP contribution < -0.4 is 16.6 Å². The molecule has 23 heavy (non-hydrogen) atoms. The molecule has 1 aromatic heterocycles. The van der Waals surface area contributed by atoms with E-state index < -0.39 is 11.2 Å². The smallest absolute Gasteiger partial charge is 0.327 e. The summed E-state index contributed by atoms with van der Waals surface area (Å²) in [6.07, 6.45) is 0. The molecular weight excluding hydrogens is 290 g/mol. The van der Waals surface area contributed by atoms with E-state index in [2.05, 4.69) is 39.6 Å². The first-order valence-electron chi connectivity index (χ1n) is 7.21. The average molecular weight is 303 g/mol. The molecule has 5 heteroatoms. The Kier molecular flexibility index (Phi) is 2.98. The fourth-order valence-corrected chi connectivity index (χ4v) is 2.71. The third kappa shape index (κ3) is 2.60. The first-order chi connectivity index (χ1) is 11.2. The third-order valence-electron chi connectivity index (χ3n) is 3.74. The van der Waals surface area contributed by atoms with Crippen molar-refractivity contribution in [3.05, 3.63) is 81.5 Å². The molecule has 0 aliphatic carbocycles. The van der Waals surface area contributed by atoms with Gasteiger partial charge in [0.25, 0.3) is 5.56 Å². The van der Waals surface area contributed by atoms with Gasteiger partial charge in [0.1, 0.15) is 5.82 Å². The fraction of sp³-hybridized carbons (Fsp3) is 0. The van der Waals surface area contributed by atoms with Crippen molar-refractivity contribution >= 4 is 33.1 Å². The van der Waals surface area contributed by atoms with Crippen molar-refractivity contribution in [1.29, 1.82) is 0 Å². The largest absolute Gasteiger partial charge is 0.342 e. The number of fused-ring (bicyclic) bond motifs is 2. The Morgan fingerprint density at radius 2 is 1.39 bits per heavy atom. The van der Waals surface area contributed by atoms with Gasteiger partial charge in [-0.2, -0.15) is 0 Å². The number of hydrogen-bond acceptors (Lipinski definition) is 3. The maximum atomic E-state index is 11.3. The van der Waals surface area contributed by atoms with Crippen molar-refractivity contribution in [1.82, 2.24) is 9.97 Å². The predicted octanol–water partition coefficient (Wildman–Crippen LogP) is 3.11. The summed E-state index contributed by atoms with van der Waals surface area (Å²) in [5.41, 5.74) is -0.177. The Morgan fingerprint density at radius 3 is 2.13 bits per heavy atom. The van der Waals surface area contributed by atoms with E-state index in [1.807, 2.05) is 30.3 Å². The summed E-state index contributed by atoms with van der Waals surface area (Å²) in [5, 5.41) is 7.63. The van der Waals surface area contributed by atoms with Gasteiger partial charge in [0.2, 0.25) is 0 Å². The fourth-order valence-electron chi connectivity index (χ4n) is 2.71. The third-order valence-corrected chi connectivity index (χ3v) is 3.74. The zero-order valence-corrected chi connectivity index (χ0v) is 12.1. The minimum atomic E-state index is -0.535. The predicted molar refractivity (Wildman–Crippen MR) is 92.4 cm³/mol. The van der Waals surface area contributed by atoms with Gasteiger partial charge in [-0.05, 0) is 45.8 Å². The lowest BCUT2D eigenvalue weighted by Crippen LogP contribution is -2.22. The minimum Gasteiger partial charge on any atom is -0.342 e. The van der Waals surface area contributed by atoms with Crippen LogP contribution in [-0.4, -0.2) is 9.97 Å². The molecule has 4 aromatic rings. The van der Waals surface area contributed by atoms with Gasteiger partial charge in [-0.15, -0.1) is 0 Å². The van der Waals surface area contributed by atoms with Crippen molar-refractivity contribution in [3.63, 3.8) is 0 Å². The highest BCUT2D eigenvalue weighted by molar-refractivity contribution is 5.99. The SMILES string of the molecule is O=c1cc(Nc2ccc3cc4ccccc4cc3c2)[nH]c(=O)[nH]1. The lowest BCUT2D eigenvalue weighted by Gasteiger charge is -2.08. The van der Waals surface area contributed by atoms with E-state index in [1.165, 1.54) is 16.8 Å². The van der Waals surface area contributed by atoms with Gasteiger partial charge in [-0.1, -0.05) is 30.3 Å². The Balaban J connectivity index is 1.80. The Labute approximate surface area is 130 Å². The molecule has 0 fully saturated rings. The van der Waals surface area contributed by atoms with Crippen LogP contribution in [0.15, 0.2) is 70.3 Å². The molecule has 0 aliphatic rings. The van der Waals surface area contributed by atoms with Crippen molar-refractivity contribution in [2.75, 3.05) is 5.32 Å². The summed E-state index contributed by atoms with van der Waals surface area (Å²) in [6.45, 7) is 0. The number of nitrogens with one attached hydrogen (secondary N) is 3. The van der Waals surface area contributed by atoms with Crippen LogP contribution in [0.3, 0.4) is 0 Å². The van der Waals surface area contributed by atoms with E-state index in [0.717, 1.165) is 16.5 Å². The van der Waals surface area contributed by atoms with Gasteiger partial charge in [0, 0.05) is 11.8 Å². The summed E-state index contributed by atoms with van der Waals surface area (Å²) >= 11 is 0. The van der Waals surface area contributed by atoms with Crippen LogP contribution in [0, 0.1) is 0 Å². The number of aromatic nitrogens is 2.